The van der Waals surface area contributed by atoms with Crippen molar-refractivity contribution in [2.75, 3.05) is 29.9 Å². The van der Waals surface area contributed by atoms with Gasteiger partial charge in [0.15, 0.2) is 0 Å². The number of H-pyrrole nitrogens is 1. The molecule has 3 heterocycles. The van der Waals surface area contributed by atoms with Crippen molar-refractivity contribution >= 4 is 23.3 Å². The Morgan fingerprint density at radius 2 is 2.08 bits per heavy atom. The lowest BCUT2D eigenvalue weighted by atomic mass is 9.99. The number of carbonyl (C=O) groups is 2. The van der Waals surface area contributed by atoms with Crippen molar-refractivity contribution in [3.05, 3.63) is 36.3 Å². The third-order valence-electron chi connectivity index (χ3n) is 4.31. The molecule has 0 saturated carbocycles. The third-order valence-corrected chi connectivity index (χ3v) is 4.31. The van der Waals surface area contributed by atoms with Crippen molar-refractivity contribution in [3.8, 4) is 0 Å². The molecule has 0 aromatic carbocycles. The maximum Gasteiger partial charge on any atom is 0.253 e. The van der Waals surface area contributed by atoms with Crippen molar-refractivity contribution in [1.82, 2.24) is 20.5 Å². The van der Waals surface area contributed by atoms with Crippen LogP contribution in [0, 0.1) is 5.92 Å². The number of nitrogens with zero attached hydrogens (tertiary/aromatic N) is 3. The number of hydrogen-bond donors (Lipinski definition) is 3. The van der Waals surface area contributed by atoms with E-state index in [1.54, 1.807) is 18.5 Å². The first-order chi connectivity index (χ1) is 12.1. The summed E-state index contributed by atoms with van der Waals surface area (Å²) in [5.41, 5.74) is 0.992. The van der Waals surface area contributed by atoms with Crippen molar-refractivity contribution in [3.63, 3.8) is 0 Å². The van der Waals surface area contributed by atoms with E-state index in [2.05, 4.69) is 37.6 Å². The second-order valence-electron chi connectivity index (χ2n) is 6.29. The highest BCUT2D eigenvalue weighted by Gasteiger charge is 2.17. The first kappa shape index (κ1) is 16.9. The van der Waals surface area contributed by atoms with E-state index in [4.69, 9.17) is 0 Å². The first-order valence-corrected chi connectivity index (χ1v) is 8.39. The summed E-state index contributed by atoms with van der Waals surface area (Å²) < 4.78 is 0. The number of anilines is 2. The summed E-state index contributed by atoms with van der Waals surface area (Å²) >= 11 is 0. The highest BCUT2D eigenvalue weighted by molar-refractivity contribution is 5.99. The van der Waals surface area contributed by atoms with Crippen molar-refractivity contribution in [2.45, 2.75) is 19.8 Å². The Bertz CT molecular complexity index is 705. The van der Waals surface area contributed by atoms with Gasteiger partial charge in [0.25, 0.3) is 5.91 Å². The Labute approximate surface area is 146 Å². The number of rotatable bonds is 5. The minimum absolute atomic E-state index is 0.115. The number of piperidine rings is 1. The van der Waals surface area contributed by atoms with Gasteiger partial charge in [0.1, 0.15) is 5.82 Å². The largest absolute Gasteiger partial charge is 0.357 e. The molecule has 0 bridgehead atoms. The predicted octanol–water partition coefficient (Wildman–Crippen LogP) is 1.41. The van der Waals surface area contributed by atoms with E-state index >= 15 is 0 Å². The van der Waals surface area contributed by atoms with Crippen LogP contribution in [0.15, 0.2) is 30.7 Å². The number of hydrogen-bond acceptors (Lipinski definition) is 5. The molecule has 1 fully saturated rings. The lowest BCUT2D eigenvalue weighted by Crippen LogP contribution is -2.34. The zero-order valence-electron chi connectivity index (χ0n) is 14.2. The highest BCUT2D eigenvalue weighted by atomic mass is 16.2. The van der Waals surface area contributed by atoms with E-state index < -0.39 is 0 Å². The van der Waals surface area contributed by atoms with Gasteiger partial charge in [-0.2, -0.15) is 5.10 Å². The van der Waals surface area contributed by atoms with Crippen LogP contribution in [0.25, 0.3) is 0 Å². The van der Waals surface area contributed by atoms with E-state index in [0.717, 1.165) is 37.7 Å². The molecule has 0 spiro atoms. The number of amides is 2. The molecule has 1 aliphatic rings. The van der Waals surface area contributed by atoms with Crippen LogP contribution in [-0.4, -0.2) is 46.6 Å². The van der Waals surface area contributed by atoms with Crippen LogP contribution in [0.1, 0.15) is 30.1 Å². The fourth-order valence-corrected chi connectivity index (χ4v) is 2.73. The van der Waals surface area contributed by atoms with Gasteiger partial charge in [0.05, 0.1) is 24.0 Å². The molecule has 3 rings (SSSR count). The van der Waals surface area contributed by atoms with Crippen LogP contribution in [0.2, 0.25) is 0 Å². The molecule has 8 nitrogen and oxygen atoms in total. The molecule has 1 saturated heterocycles. The van der Waals surface area contributed by atoms with Gasteiger partial charge in [-0.1, -0.05) is 6.92 Å². The Morgan fingerprint density at radius 3 is 2.72 bits per heavy atom. The molecule has 132 valence electrons. The molecule has 1 aliphatic heterocycles. The fourth-order valence-electron chi connectivity index (χ4n) is 2.73. The lowest BCUT2D eigenvalue weighted by Gasteiger charge is -2.31. The Balaban J connectivity index is 1.49. The SMILES string of the molecule is CC1CCN(c2ccc(C(=O)NCC(=O)Nc3cn[nH]c3)cn2)CC1. The fraction of sp³-hybridized carbons (Fsp3) is 0.412. The maximum atomic E-state index is 12.1. The Morgan fingerprint density at radius 1 is 1.28 bits per heavy atom. The van der Waals surface area contributed by atoms with Gasteiger partial charge < -0.3 is 15.5 Å². The normalized spacial score (nSPS) is 15.0. The molecule has 0 atom stereocenters. The molecular weight excluding hydrogens is 320 g/mol. The number of carbonyl (C=O) groups excluding carboxylic acids is 2. The van der Waals surface area contributed by atoms with Gasteiger partial charge in [0.2, 0.25) is 5.91 Å². The summed E-state index contributed by atoms with van der Waals surface area (Å²) in [5, 5.41) is 11.5. The van der Waals surface area contributed by atoms with Crippen LogP contribution < -0.4 is 15.5 Å². The zero-order valence-corrected chi connectivity index (χ0v) is 14.2. The monoisotopic (exact) mass is 342 g/mol. The second kappa shape index (κ2) is 7.78. The van der Waals surface area contributed by atoms with E-state index in [0.29, 0.717) is 11.3 Å². The average molecular weight is 342 g/mol. The number of nitrogens with one attached hydrogen (secondary N) is 3. The van der Waals surface area contributed by atoms with Crippen molar-refractivity contribution < 1.29 is 9.59 Å². The highest BCUT2D eigenvalue weighted by Crippen LogP contribution is 2.21. The lowest BCUT2D eigenvalue weighted by molar-refractivity contribution is -0.115. The molecule has 0 aliphatic carbocycles. The molecule has 2 aromatic rings. The second-order valence-corrected chi connectivity index (χ2v) is 6.29. The van der Waals surface area contributed by atoms with E-state index in [-0.39, 0.29) is 18.4 Å². The molecule has 3 N–H and O–H groups in total. The van der Waals surface area contributed by atoms with Crippen molar-refractivity contribution in [1.29, 1.82) is 0 Å². The number of aromatic nitrogens is 3. The predicted molar refractivity (Wildman–Crippen MR) is 94.4 cm³/mol. The van der Waals surface area contributed by atoms with Crippen LogP contribution in [-0.2, 0) is 4.79 Å². The van der Waals surface area contributed by atoms with E-state index in [1.165, 1.54) is 6.20 Å². The zero-order chi connectivity index (χ0) is 17.6. The van der Waals surface area contributed by atoms with Gasteiger partial charge in [-0.3, -0.25) is 14.7 Å². The molecule has 25 heavy (non-hydrogen) atoms. The Kier molecular flexibility index (Phi) is 5.27. The molecule has 2 aromatic heterocycles. The standard InChI is InChI=1S/C17H22N6O2/c1-12-4-6-23(7-5-12)15-3-2-13(8-18-15)17(25)19-11-16(24)22-14-9-20-21-10-14/h2-3,8-10,12H,4-7,11H2,1H3,(H,19,25)(H,20,21)(H,22,24). The van der Waals surface area contributed by atoms with Crippen LogP contribution in [0.4, 0.5) is 11.5 Å². The third kappa shape index (κ3) is 4.56. The molecule has 2 amide bonds. The smallest absolute Gasteiger partial charge is 0.253 e. The number of aromatic amines is 1. The van der Waals surface area contributed by atoms with Gasteiger partial charge in [-0.05, 0) is 30.9 Å². The summed E-state index contributed by atoms with van der Waals surface area (Å²) in [4.78, 5) is 30.5. The summed E-state index contributed by atoms with van der Waals surface area (Å²) in [7, 11) is 0. The topological polar surface area (TPSA) is 103 Å². The molecule has 0 radical (unpaired) electrons. The first-order valence-electron chi connectivity index (χ1n) is 8.39. The minimum Gasteiger partial charge on any atom is -0.357 e. The van der Waals surface area contributed by atoms with Crippen LogP contribution >= 0.6 is 0 Å². The van der Waals surface area contributed by atoms with Gasteiger partial charge in [-0.15, -0.1) is 0 Å². The van der Waals surface area contributed by atoms with Crippen molar-refractivity contribution in [2.24, 2.45) is 5.92 Å². The van der Waals surface area contributed by atoms with Crippen LogP contribution in [0.5, 0.6) is 0 Å². The molecule has 8 heteroatoms. The molecule has 0 unspecified atom stereocenters. The van der Waals surface area contributed by atoms with E-state index in [1.807, 2.05) is 6.07 Å². The van der Waals surface area contributed by atoms with Crippen LogP contribution in [0.3, 0.4) is 0 Å². The summed E-state index contributed by atoms with van der Waals surface area (Å²) in [5.74, 6) is 1.01. The Hall–Kier alpha value is -2.90. The maximum absolute atomic E-state index is 12.1. The summed E-state index contributed by atoms with van der Waals surface area (Å²) in [6.07, 6.45) is 6.93. The number of pyridine rings is 1. The molecular formula is C17H22N6O2. The van der Waals surface area contributed by atoms with E-state index in [9.17, 15) is 9.59 Å². The summed E-state index contributed by atoms with van der Waals surface area (Å²) in [6.45, 7) is 4.14. The quantitative estimate of drug-likeness (QED) is 0.762. The summed E-state index contributed by atoms with van der Waals surface area (Å²) in [6, 6.07) is 3.60. The average Bonchev–Trinajstić information content (AvgIpc) is 3.13. The van der Waals surface area contributed by atoms with Gasteiger partial charge in [-0.25, -0.2) is 4.98 Å². The van der Waals surface area contributed by atoms with Gasteiger partial charge in [0, 0.05) is 25.5 Å². The minimum atomic E-state index is -0.325. The van der Waals surface area contributed by atoms with Gasteiger partial charge >= 0.3 is 0 Å².